The minimum atomic E-state index is -2.93. The second kappa shape index (κ2) is 4.78. The molecule has 0 radical (unpaired) electrons. The molecule has 0 atom stereocenters. The molecule has 14 heavy (non-hydrogen) atoms. The Morgan fingerprint density at radius 3 is 2.93 bits per heavy atom. The Morgan fingerprint density at radius 1 is 1.64 bits per heavy atom. The van der Waals surface area contributed by atoms with E-state index in [1.165, 1.54) is 11.0 Å². The van der Waals surface area contributed by atoms with Crippen molar-refractivity contribution in [2.75, 3.05) is 0 Å². The first-order valence-corrected chi connectivity index (χ1v) is 4.32. The summed E-state index contributed by atoms with van der Waals surface area (Å²) in [6, 6.07) is 0. The minimum absolute atomic E-state index is 0.303. The van der Waals surface area contributed by atoms with Crippen LogP contribution in [0, 0.1) is 0 Å². The maximum atomic E-state index is 11.9. The van der Waals surface area contributed by atoms with E-state index in [1.54, 1.807) is 0 Å². The van der Waals surface area contributed by atoms with Crippen LogP contribution in [-0.4, -0.2) is 27.0 Å². The molecule has 1 heterocycles. The summed E-state index contributed by atoms with van der Waals surface area (Å²) >= 11 is 0. The van der Waals surface area contributed by atoms with Crippen molar-refractivity contribution in [2.45, 2.75) is 32.7 Å². The molecule has 78 valence electrons. The van der Waals surface area contributed by atoms with Crippen molar-refractivity contribution in [1.29, 1.82) is 0 Å². The first-order valence-electron chi connectivity index (χ1n) is 4.32. The summed E-state index contributed by atoms with van der Waals surface area (Å²) in [4.78, 5) is 14.5. The summed E-state index contributed by atoms with van der Waals surface area (Å²) < 4.78 is 25.3. The molecular formula is C8H11F2N3O. The summed E-state index contributed by atoms with van der Waals surface area (Å²) in [5.41, 5.74) is 0. The number of hydrogen-bond donors (Lipinski definition) is 0. The summed E-state index contributed by atoms with van der Waals surface area (Å²) in [7, 11) is 0. The molecule has 0 N–H and O–H groups in total. The zero-order valence-corrected chi connectivity index (χ0v) is 7.78. The number of rotatable bonds is 5. The van der Waals surface area contributed by atoms with Gasteiger partial charge < -0.3 is 0 Å². The zero-order valence-electron chi connectivity index (χ0n) is 7.78. The van der Waals surface area contributed by atoms with Crippen molar-refractivity contribution in [3.63, 3.8) is 0 Å². The molecule has 0 saturated carbocycles. The maximum Gasteiger partial charge on any atom is 0.296 e. The van der Waals surface area contributed by atoms with E-state index in [-0.39, 0.29) is 6.42 Å². The van der Waals surface area contributed by atoms with Crippen LogP contribution >= 0.6 is 0 Å². The second-order valence-electron chi connectivity index (χ2n) is 2.84. The van der Waals surface area contributed by atoms with E-state index in [9.17, 15) is 13.6 Å². The third-order valence-corrected chi connectivity index (χ3v) is 1.71. The highest BCUT2D eigenvalue weighted by atomic mass is 19.3. The Morgan fingerprint density at radius 2 is 2.36 bits per heavy atom. The number of aromatic nitrogens is 3. The fourth-order valence-electron chi connectivity index (χ4n) is 1.06. The Kier molecular flexibility index (Phi) is 3.67. The monoisotopic (exact) mass is 203 g/mol. The van der Waals surface area contributed by atoms with Crippen molar-refractivity contribution in [2.24, 2.45) is 0 Å². The van der Waals surface area contributed by atoms with E-state index >= 15 is 0 Å². The molecule has 0 aromatic carbocycles. The topological polar surface area (TPSA) is 47.8 Å². The van der Waals surface area contributed by atoms with Crippen molar-refractivity contribution < 1.29 is 13.6 Å². The van der Waals surface area contributed by atoms with Gasteiger partial charge in [0.05, 0.1) is 6.42 Å². The lowest BCUT2D eigenvalue weighted by Crippen LogP contribution is -2.17. The molecule has 0 aliphatic heterocycles. The highest BCUT2D eigenvalue weighted by Crippen LogP contribution is 2.03. The Labute approximate surface area is 79.9 Å². The van der Waals surface area contributed by atoms with Gasteiger partial charge in [0, 0.05) is 6.54 Å². The molecule has 4 nitrogen and oxygen atoms in total. The number of carbonyl (C=O) groups excluding carboxylic acids is 1. The Hall–Kier alpha value is -1.33. The molecular weight excluding hydrogens is 192 g/mol. The third-order valence-electron chi connectivity index (χ3n) is 1.71. The number of hydrogen-bond acceptors (Lipinski definition) is 3. The molecule has 1 aromatic rings. The molecule has 0 unspecified atom stereocenters. The predicted octanol–water partition coefficient (Wildman–Crippen LogP) is 1.06. The van der Waals surface area contributed by atoms with Crippen LogP contribution in [0.4, 0.5) is 8.78 Å². The molecule has 6 heteroatoms. The molecule has 0 saturated heterocycles. The van der Waals surface area contributed by atoms with Crippen LogP contribution in [0.15, 0.2) is 6.33 Å². The van der Waals surface area contributed by atoms with Gasteiger partial charge in [-0.15, -0.1) is 0 Å². The van der Waals surface area contributed by atoms with E-state index < -0.39 is 12.2 Å². The van der Waals surface area contributed by atoms with Crippen molar-refractivity contribution in [1.82, 2.24) is 14.8 Å². The van der Waals surface area contributed by atoms with Crippen LogP contribution in [0.25, 0.3) is 0 Å². The quantitative estimate of drug-likeness (QED) is 0.719. The van der Waals surface area contributed by atoms with Gasteiger partial charge in [-0.25, -0.2) is 18.4 Å². The fourth-order valence-corrected chi connectivity index (χ4v) is 1.06. The van der Waals surface area contributed by atoms with E-state index in [4.69, 9.17) is 0 Å². The molecule has 0 fully saturated rings. The van der Waals surface area contributed by atoms with E-state index in [0.29, 0.717) is 12.4 Å². The molecule has 0 aliphatic carbocycles. The van der Waals surface area contributed by atoms with Gasteiger partial charge in [0.15, 0.2) is 0 Å². The molecule has 0 amide bonds. The Bertz CT molecular complexity index is 311. The number of halogens is 2. The van der Waals surface area contributed by atoms with Gasteiger partial charge in [0.1, 0.15) is 12.2 Å². The highest BCUT2D eigenvalue weighted by molar-refractivity contribution is 5.83. The van der Waals surface area contributed by atoms with Crippen LogP contribution in [0.5, 0.6) is 0 Å². The largest absolute Gasteiger partial charge is 0.296 e. The summed E-state index contributed by atoms with van der Waals surface area (Å²) in [6.07, 6.45) is -1.19. The number of Topliss-reactive ketones (excluding diaryl/α,β-unsaturated/α-hetero) is 1. The summed E-state index contributed by atoms with van der Waals surface area (Å²) in [5, 5.41) is 3.83. The van der Waals surface area contributed by atoms with Crippen LogP contribution in [0.3, 0.4) is 0 Å². The average molecular weight is 203 g/mol. The number of nitrogens with zero attached hydrogens (tertiary/aromatic N) is 3. The van der Waals surface area contributed by atoms with Gasteiger partial charge in [-0.3, -0.25) is 4.79 Å². The SMILES string of the molecule is CCCn1ncnc1CC(=O)C(F)F. The molecule has 1 aromatic heterocycles. The average Bonchev–Trinajstić information content (AvgIpc) is 2.53. The van der Waals surface area contributed by atoms with E-state index in [0.717, 1.165) is 6.42 Å². The van der Waals surface area contributed by atoms with Crippen LogP contribution in [-0.2, 0) is 17.8 Å². The minimum Gasteiger partial charge on any atom is -0.293 e. The van der Waals surface area contributed by atoms with Crippen LogP contribution in [0.1, 0.15) is 19.2 Å². The lowest BCUT2D eigenvalue weighted by molar-refractivity contribution is -0.128. The van der Waals surface area contributed by atoms with E-state index in [1.807, 2.05) is 6.92 Å². The Balaban J connectivity index is 2.66. The van der Waals surface area contributed by atoms with Crippen molar-refractivity contribution in [3.05, 3.63) is 12.2 Å². The summed E-state index contributed by atoms with van der Waals surface area (Å²) in [6.45, 7) is 2.52. The van der Waals surface area contributed by atoms with Gasteiger partial charge in [-0.05, 0) is 6.42 Å². The smallest absolute Gasteiger partial charge is 0.293 e. The van der Waals surface area contributed by atoms with Gasteiger partial charge >= 0.3 is 0 Å². The van der Waals surface area contributed by atoms with Crippen LogP contribution in [0.2, 0.25) is 0 Å². The van der Waals surface area contributed by atoms with E-state index in [2.05, 4.69) is 10.1 Å². The number of aryl methyl sites for hydroxylation is 1. The third kappa shape index (κ3) is 2.58. The van der Waals surface area contributed by atoms with Gasteiger partial charge in [0.2, 0.25) is 5.78 Å². The van der Waals surface area contributed by atoms with Gasteiger partial charge in [-0.1, -0.05) is 6.92 Å². The number of ketones is 1. The molecule has 0 bridgehead atoms. The lowest BCUT2D eigenvalue weighted by Gasteiger charge is -2.02. The molecule has 0 spiro atoms. The molecule has 1 rings (SSSR count). The first-order chi connectivity index (χ1) is 6.65. The van der Waals surface area contributed by atoms with Crippen molar-refractivity contribution >= 4 is 5.78 Å². The van der Waals surface area contributed by atoms with Crippen molar-refractivity contribution in [3.8, 4) is 0 Å². The first kappa shape index (κ1) is 10.7. The zero-order chi connectivity index (χ0) is 10.6. The predicted molar refractivity (Wildman–Crippen MR) is 45.0 cm³/mol. The lowest BCUT2D eigenvalue weighted by atomic mass is 10.3. The number of carbonyl (C=O) groups is 1. The molecule has 0 aliphatic rings. The summed E-state index contributed by atoms with van der Waals surface area (Å²) in [5.74, 6) is -0.812. The van der Waals surface area contributed by atoms with Gasteiger partial charge in [0.25, 0.3) is 6.43 Å². The second-order valence-corrected chi connectivity index (χ2v) is 2.84. The van der Waals surface area contributed by atoms with Gasteiger partial charge in [-0.2, -0.15) is 5.10 Å². The highest BCUT2D eigenvalue weighted by Gasteiger charge is 2.18. The number of alkyl halides is 2. The normalized spacial score (nSPS) is 10.9. The maximum absolute atomic E-state index is 11.9. The standard InChI is InChI=1S/C8H11F2N3O/c1-2-3-13-7(11-5-12-13)4-6(14)8(9)10/h5,8H,2-4H2,1H3. The fraction of sp³-hybridized carbons (Fsp3) is 0.625. The van der Waals surface area contributed by atoms with Crippen LogP contribution < -0.4 is 0 Å².